The summed E-state index contributed by atoms with van der Waals surface area (Å²) >= 11 is 1.32. The van der Waals surface area contributed by atoms with Crippen LogP contribution in [-0.4, -0.2) is 61.7 Å². The molecule has 3 aromatic rings. The molecule has 0 fully saturated rings. The number of fused-ring (bicyclic) bond motifs is 1. The van der Waals surface area contributed by atoms with Gasteiger partial charge in [0.1, 0.15) is 18.4 Å². The molecule has 1 atom stereocenters. The van der Waals surface area contributed by atoms with Gasteiger partial charge in [0.05, 0.1) is 11.4 Å². The number of nitrogens with two attached hydrogens (primary N) is 2. The fourth-order valence-electron chi connectivity index (χ4n) is 3.92. The molecule has 12 nitrogen and oxygen atoms in total. The average molecular weight is 667 g/mol. The van der Waals surface area contributed by atoms with E-state index < -0.39 is 40.0 Å². The van der Waals surface area contributed by atoms with Crippen molar-refractivity contribution in [3.8, 4) is 0 Å². The first-order valence-corrected chi connectivity index (χ1v) is 15.6. The minimum atomic E-state index is -5.08. The van der Waals surface area contributed by atoms with Crippen LogP contribution in [0.25, 0.3) is 0 Å². The largest absolute Gasteiger partial charge is 0.490 e. The van der Waals surface area contributed by atoms with Gasteiger partial charge in [0.2, 0.25) is 21.8 Å². The molecular formula is C28H29F3N6O6S2. The normalized spacial score (nSPS) is 14.8. The monoisotopic (exact) mass is 666 g/mol. The molecule has 0 radical (unpaired) electrons. The van der Waals surface area contributed by atoms with Crippen LogP contribution in [0.3, 0.4) is 0 Å². The van der Waals surface area contributed by atoms with E-state index in [9.17, 15) is 31.2 Å². The number of amidine groups is 1. The fourth-order valence-corrected chi connectivity index (χ4v) is 6.41. The zero-order chi connectivity index (χ0) is 33.4. The third-order valence-corrected chi connectivity index (χ3v) is 8.58. The smallest absolute Gasteiger partial charge is 0.475 e. The number of thioether (sulfide) groups is 1. The molecule has 4 rings (SSSR count). The Morgan fingerprint density at radius 3 is 2.24 bits per heavy atom. The predicted molar refractivity (Wildman–Crippen MR) is 163 cm³/mol. The molecule has 0 aliphatic carbocycles. The van der Waals surface area contributed by atoms with Crippen LogP contribution < -0.4 is 26.4 Å². The number of anilines is 2. The van der Waals surface area contributed by atoms with Crippen LogP contribution >= 0.6 is 11.8 Å². The summed E-state index contributed by atoms with van der Waals surface area (Å²) < 4.78 is 60.1. The molecule has 17 heteroatoms. The first-order chi connectivity index (χ1) is 21.1. The number of alkyl halides is 3. The Labute approximate surface area is 260 Å². The Hall–Kier alpha value is -4.61. The van der Waals surface area contributed by atoms with E-state index >= 15 is 0 Å². The van der Waals surface area contributed by atoms with Crippen LogP contribution in [0.4, 0.5) is 24.5 Å². The maximum atomic E-state index is 13.6. The molecule has 1 aliphatic heterocycles. The number of nitrogens with one attached hydrogen (secondary N) is 3. The van der Waals surface area contributed by atoms with E-state index in [1.165, 1.54) is 16.7 Å². The Morgan fingerprint density at radius 2 is 1.67 bits per heavy atom. The number of carbonyl (C=O) groups excluding carboxylic acids is 2. The molecule has 0 aromatic heterocycles. The number of rotatable bonds is 9. The summed E-state index contributed by atoms with van der Waals surface area (Å²) in [6.07, 6.45) is -5.08. The van der Waals surface area contributed by atoms with Crippen LogP contribution in [0, 0.1) is 5.41 Å². The number of nitrogens with zero attached hydrogens (tertiary/aromatic N) is 1. The Bertz CT molecular complexity index is 1660. The molecule has 0 saturated heterocycles. The summed E-state index contributed by atoms with van der Waals surface area (Å²) in [4.78, 5) is 37.4. The SMILES string of the molecule is N=C(N)c1ccc(CNC(=O)CN2C(=O)[C@H](NS(=O)(=O)Cc3ccccc3)CSc3ccc(N)cc32)cc1.O=C(O)C(F)(F)F. The van der Waals surface area contributed by atoms with E-state index in [0.29, 0.717) is 27.4 Å². The molecule has 240 valence electrons. The van der Waals surface area contributed by atoms with E-state index in [-0.39, 0.29) is 30.4 Å². The second-order valence-electron chi connectivity index (χ2n) is 9.57. The highest BCUT2D eigenvalue weighted by Gasteiger charge is 2.38. The van der Waals surface area contributed by atoms with Gasteiger partial charge in [0, 0.05) is 28.4 Å². The van der Waals surface area contributed by atoms with Gasteiger partial charge >= 0.3 is 12.1 Å². The van der Waals surface area contributed by atoms with Crippen LogP contribution in [0.5, 0.6) is 0 Å². The van der Waals surface area contributed by atoms with Crippen molar-refractivity contribution in [2.45, 2.75) is 29.4 Å². The fraction of sp³-hybridized carbons (Fsp3) is 0.214. The highest BCUT2D eigenvalue weighted by molar-refractivity contribution is 7.99. The van der Waals surface area contributed by atoms with Gasteiger partial charge in [-0.15, -0.1) is 11.8 Å². The summed E-state index contributed by atoms with van der Waals surface area (Å²) in [6.45, 7) is -0.122. The highest BCUT2D eigenvalue weighted by Crippen LogP contribution is 2.36. The second kappa shape index (κ2) is 14.9. The molecule has 0 spiro atoms. The number of aliphatic carboxylic acids is 1. The van der Waals surface area contributed by atoms with Crippen LogP contribution in [0.1, 0.15) is 16.7 Å². The number of carbonyl (C=O) groups is 3. The van der Waals surface area contributed by atoms with Crippen molar-refractivity contribution in [1.82, 2.24) is 10.0 Å². The van der Waals surface area contributed by atoms with Crippen LogP contribution in [0.2, 0.25) is 0 Å². The van der Waals surface area contributed by atoms with E-state index in [0.717, 1.165) is 5.56 Å². The van der Waals surface area contributed by atoms with Crippen LogP contribution in [0.15, 0.2) is 77.7 Å². The van der Waals surface area contributed by atoms with Crippen molar-refractivity contribution < 1.29 is 41.1 Å². The van der Waals surface area contributed by atoms with Gasteiger partial charge < -0.3 is 26.8 Å². The first kappa shape index (κ1) is 34.9. The van der Waals surface area contributed by atoms with E-state index in [2.05, 4.69) is 10.0 Å². The molecule has 1 aliphatic rings. The third-order valence-electron chi connectivity index (χ3n) is 6.06. The molecule has 0 bridgehead atoms. The summed E-state index contributed by atoms with van der Waals surface area (Å²) in [7, 11) is -3.85. The Morgan fingerprint density at radius 1 is 1.04 bits per heavy atom. The minimum absolute atomic E-state index is 0.0509. The lowest BCUT2D eigenvalue weighted by Crippen LogP contribution is -2.51. The van der Waals surface area contributed by atoms with E-state index in [4.69, 9.17) is 26.8 Å². The van der Waals surface area contributed by atoms with E-state index in [1.54, 1.807) is 72.8 Å². The van der Waals surface area contributed by atoms with Gasteiger partial charge in [0.25, 0.3) is 0 Å². The van der Waals surface area contributed by atoms with Crippen molar-refractivity contribution >= 4 is 56.8 Å². The Balaban J connectivity index is 0.000000707. The number of benzene rings is 3. The zero-order valence-electron chi connectivity index (χ0n) is 23.4. The highest BCUT2D eigenvalue weighted by atomic mass is 32.2. The number of halogens is 3. The van der Waals surface area contributed by atoms with Crippen molar-refractivity contribution in [1.29, 1.82) is 5.41 Å². The summed E-state index contributed by atoms with van der Waals surface area (Å²) in [5.41, 5.74) is 14.3. The van der Waals surface area contributed by atoms with Gasteiger partial charge in [-0.1, -0.05) is 54.6 Å². The maximum Gasteiger partial charge on any atom is 0.490 e. The number of hydrogen-bond donors (Lipinski definition) is 6. The van der Waals surface area contributed by atoms with Gasteiger partial charge in [-0.3, -0.25) is 15.0 Å². The van der Waals surface area contributed by atoms with E-state index in [1.807, 2.05) is 0 Å². The van der Waals surface area contributed by atoms with Crippen molar-refractivity contribution in [3.63, 3.8) is 0 Å². The first-order valence-electron chi connectivity index (χ1n) is 12.9. The van der Waals surface area contributed by atoms with Gasteiger partial charge in [-0.25, -0.2) is 17.9 Å². The predicted octanol–water partition coefficient (Wildman–Crippen LogP) is 2.43. The third kappa shape index (κ3) is 10.5. The lowest BCUT2D eigenvalue weighted by atomic mass is 10.1. The standard InChI is InChI=1S/C26H28N6O4S2.C2HF3O2/c27-20-10-11-23-22(12-20)32(14-24(33)30-13-17-6-8-19(9-7-17)25(28)29)26(34)21(15-37-23)31-38(35,36)16-18-4-2-1-3-5-18;3-2(4,5)1(6)7/h1-12,21,31H,13-16,27H2,(H3,28,29)(H,30,33);(H,6,7)/t21-;/m1./s1. The maximum absolute atomic E-state index is 13.6. The minimum Gasteiger partial charge on any atom is -0.475 e. The molecule has 1 heterocycles. The summed E-state index contributed by atoms with van der Waals surface area (Å²) in [5.74, 6) is -3.90. The number of sulfonamides is 1. The number of carboxylic acids is 1. The average Bonchev–Trinajstić information content (AvgIpc) is 3.08. The molecular weight excluding hydrogens is 637 g/mol. The zero-order valence-corrected chi connectivity index (χ0v) is 25.0. The number of carboxylic acid groups (broad SMARTS) is 1. The summed E-state index contributed by atoms with van der Waals surface area (Å²) in [6, 6.07) is 19.5. The molecule has 45 heavy (non-hydrogen) atoms. The molecule has 3 aromatic carbocycles. The van der Waals surface area contributed by atoms with Gasteiger partial charge in [-0.2, -0.15) is 13.2 Å². The lowest BCUT2D eigenvalue weighted by Gasteiger charge is -2.25. The number of hydrogen-bond acceptors (Lipinski definition) is 8. The summed E-state index contributed by atoms with van der Waals surface area (Å²) in [5, 5.41) is 17.4. The van der Waals surface area contributed by atoms with Crippen molar-refractivity contribution in [3.05, 3.63) is 89.5 Å². The molecule has 8 N–H and O–H groups in total. The van der Waals surface area contributed by atoms with Gasteiger partial charge in [0.15, 0.2) is 0 Å². The lowest BCUT2D eigenvalue weighted by molar-refractivity contribution is -0.192. The topological polar surface area (TPSA) is 209 Å². The number of nitrogen functional groups attached to an aromatic ring is 2. The molecule has 2 amide bonds. The Kier molecular flexibility index (Phi) is 11.6. The molecule has 0 saturated carbocycles. The van der Waals surface area contributed by atoms with Gasteiger partial charge in [-0.05, 0) is 29.3 Å². The quantitative estimate of drug-likeness (QED) is 0.112. The molecule has 0 unspecified atom stereocenters. The van der Waals surface area contributed by atoms with Crippen molar-refractivity contribution in [2.75, 3.05) is 22.9 Å². The number of amides is 2. The van der Waals surface area contributed by atoms with Crippen molar-refractivity contribution in [2.24, 2.45) is 5.73 Å². The van der Waals surface area contributed by atoms with Crippen LogP contribution in [-0.2, 0) is 36.7 Å². The second-order valence-corrected chi connectivity index (χ2v) is 12.4.